The van der Waals surface area contributed by atoms with Crippen molar-refractivity contribution in [3.05, 3.63) is 403 Å². The van der Waals surface area contributed by atoms with Gasteiger partial charge < -0.3 is 28.4 Å². The van der Waals surface area contributed by atoms with Crippen molar-refractivity contribution < 1.29 is 0 Å². The Kier molecular flexibility index (Phi) is 19.7. The molecule has 0 bridgehead atoms. The lowest BCUT2D eigenvalue weighted by Gasteiger charge is -2.46. The molecule has 0 saturated carbocycles. The second kappa shape index (κ2) is 31.1. The lowest BCUT2D eigenvalue weighted by molar-refractivity contribution is 0.590. The minimum atomic E-state index is -0.373. The zero-order chi connectivity index (χ0) is 91.8. The summed E-state index contributed by atoms with van der Waals surface area (Å²) in [4.78, 5) is 8.03. The van der Waals surface area contributed by atoms with E-state index in [2.05, 4.69) is 523 Å². The first-order valence-electron chi connectivity index (χ1n) is 47.6. The highest BCUT2D eigenvalue weighted by Gasteiger charge is 2.47. The number of hydrogen-bond donors (Lipinski definition) is 0. The van der Waals surface area contributed by atoms with Gasteiger partial charge in [-0.3, -0.25) is 0 Å². The minimum Gasteiger partial charge on any atom is -0.310 e. The van der Waals surface area contributed by atoms with Gasteiger partial charge in [-0.2, -0.15) is 0 Å². The molecule has 6 nitrogen and oxygen atoms in total. The maximum absolute atomic E-state index is 2.78. The summed E-state index contributed by atoms with van der Waals surface area (Å²) < 4.78 is 7.65. The fourth-order valence-electron chi connectivity index (χ4n) is 21.3. The number of para-hydroxylation sites is 3. The maximum atomic E-state index is 2.78. The molecule has 0 unspecified atom stereocenters. The number of rotatable bonds is 12. The van der Waals surface area contributed by atoms with Crippen LogP contribution in [0.1, 0.15) is 158 Å². The highest BCUT2D eigenvalue weighted by Crippen LogP contribution is 2.57. The molecule has 652 valence electrons. The molecule has 0 saturated heterocycles. The molecule has 0 radical (unpaired) electrons. The van der Waals surface area contributed by atoms with Crippen molar-refractivity contribution in [2.75, 3.05) is 14.7 Å². The topological polar surface area (TPSA) is 24.5 Å². The molecule has 5 heterocycles. The number of benzene rings is 17. The molecular formula is C126H115BN6. The summed E-state index contributed by atoms with van der Waals surface area (Å²) in [5.74, 6) is 0. The van der Waals surface area contributed by atoms with Crippen molar-refractivity contribution >= 4 is 140 Å². The van der Waals surface area contributed by atoms with Crippen LogP contribution in [-0.2, 0) is 32.5 Å². The van der Waals surface area contributed by atoms with Crippen LogP contribution in [0.15, 0.2) is 370 Å². The Hall–Kier alpha value is -14.4. The van der Waals surface area contributed by atoms with E-state index < -0.39 is 0 Å². The molecule has 0 N–H and O–H groups in total. The van der Waals surface area contributed by atoms with Gasteiger partial charge in [0.1, 0.15) is 0 Å². The van der Waals surface area contributed by atoms with Gasteiger partial charge in [0.2, 0.25) is 0 Å². The second-order valence-electron chi connectivity index (χ2n) is 43.4. The Morgan fingerprint density at radius 3 is 0.842 bits per heavy atom. The molecular weight excluding hydrogens is 1610 g/mol. The van der Waals surface area contributed by atoms with Crippen LogP contribution in [0.4, 0.5) is 51.2 Å². The summed E-state index contributed by atoms with van der Waals surface area (Å²) in [6.45, 7) is 42.1. The van der Waals surface area contributed by atoms with E-state index in [1.54, 1.807) is 0 Å². The van der Waals surface area contributed by atoms with Crippen molar-refractivity contribution in [2.24, 2.45) is 0 Å². The molecule has 0 aliphatic carbocycles. The Morgan fingerprint density at radius 2 is 0.481 bits per heavy atom. The van der Waals surface area contributed by atoms with Crippen LogP contribution in [0, 0.1) is 0 Å². The first-order valence-corrected chi connectivity index (χ1v) is 47.6. The van der Waals surface area contributed by atoms with Crippen molar-refractivity contribution in [3.8, 4) is 61.6 Å². The molecule has 2 aliphatic rings. The standard InChI is InChI=1S/C126H115BN6/c1-121(2,3)84-52-64-110-102(68-84)103-69-85(122(4,5)6)53-65-111(103)130(110)94-61-63-107-115(77-94)133(120-100(82-42-28-21-29-43-82)74-89(126(16,17)18)75-101(120)83-44-30-22-31-45-83)117-79-95(131-112-66-54-86(123(7,8)9)70-104(112)105-71-87(124(10,11)12)55-67-113(105)131)78-116-118(117)127(107)106-62-60-93(76-114(106)132(116)119-98(80-38-24-19-25-39-80)72-88(125(13,14)15)73-99(119)81-40-26-20-27-41-81)128(90-46-32-23-33-47-90)91-56-58-92(59-57-91)129-108-50-36-34-48-96(108)97-49-35-37-51-109(97)129/h19-79H,1-18H3. The van der Waals surface area contributed by atoms with Gasteiger partial charge in [-0.25, -0.2) is 0 Å². The van der Waals surface area contributed by atoms with Gasteiger partial charge in [0.05, 0.1) is 50.2 Å². The summed E-state index contributed by atoms with van der Waals surface area (Å²) >= 11 is 0. The molecule has 22 rings (SSSR count). The van der Waals surface area contributed by atoms with Crippen LogP contribution in [0.3, 0.4) is 0 Å². The zero-order valence-electron chi connectivity index (χ0n) is 80.0. The molecule has 3 aromatic heterocycles. The van der Waals surface area contributed by atoms with Crippen LogP contribution >= 0.6 is 0 Å². The van der Waals surface area contributed by atoms with Crippen molar-refractivity contribution in [1.29, 1.82) is 0 Å². The lowest BCUT2D eigenvalue weighted by atomic mass is 9.33. The molecule has 17 aromatic carbocycles. The third-order valence-electron chi connectivity index (χ3n) is 28.5. The van der Waals surface area contributed by atoms with E-state index in [0.29, 0.717) is 0 Å². The summed E-state index contributed by atoms with van der Waals surface area (Å²) in [6.07, 6.45) is 0. The van der Waals surface area contributed by atoms with Gasteiger partial charge in [0.25, 0.3) is 6.71 Å². The first kappa shape index (κ1) is 84.2. The average Bonchev–Trinajstić information content (AvgIpc) is 1.36. The Labute approximate surface area is 784 Å². The van der Waals surface area contributed by atoms with Crippen molar-refractivity contribution in [1.82, 2.24) is 13.7 Å². The molecule has 0 amide bonds. The van der Waals surface area contributed by atoms with Gasteiger partial charge >= 0.3 is 0 Å². The van der Waals surface area contributed by atoms with Crippen LogP contribution in [0.25, 0.3) is 127 Å². The normalized spacial score (nSPS) is 13.1. The monoisotopic (exact) mass is 1720 g/mol. The number of nitrogens with zero attached hydrogens (tertiary/aromatic N) is 6. The Morgan fingerprint density at radius 1 is 0.203 bits per heavy atom. The van der Waals surface area contributed by atoms with Gasteiger partial charge in [-0.05, 0) is 262 Å². The summed E-state index contributed by atoms with van der Waals surface area (Å²) in [7, 11) is 0. The third-order valence-corrected chi connectivity index (χ3v) is 28.5. The Bertz CT molecular complexity index is 7710. The first-order chi connectivity index (χ1) is 63.8. The molecule has 0 spiro atoms. The van der Waals surface area contributed by atoms with E-state index in [4.69, 9.17) is 0 Å². The van der Waals surface area contributed by atoms with Gasteiger partial charge in [-0.15, -0.1) is 0 Å². The van der Waals surface area contributed by atoms with Crippen LogP contribution in [-0.4, -0.2) is 20.4 Å². The number of anilines is 9. The van der Waals surface area contributed by atoms with Crippen LogP contribution in [0.5, 0.6) is 0 Å². The molecule has 20 aromatic rings. The number of hydrogen-bond acceptors (Lipinski definition) is 3. The second-order valence-corrected chi connectivity index (χ2v) is 43.4. The third kappa shape index (κ3) is 14.3. The highest BCUT2D eigenvalue weighted by molar-refractivity contribution is 7.00. The van der Waals surface area contributed by atoms with Gasteiger partial charge in [0.15, 0.2) is 0 Å². The van der Waals surface area contributed by atoms with Crippen molar-refractivity contribution in [3.63, 3.8) is 0 Å². The molecule has 7 heteroatoms. The highest BCUT2D eigenvalue weighted by atomic mass is 15.2. The van der Waals surface area contributed by atoms with E-state index in [1.807, 2.05) is 0 Å². The van der Waals surface area contributed by atoms with Gasteiger partial charge in [0, 0.05) is 106 Å². The minimum absolute atomic E-state index is 0.101. The van der Waals surface area contributed by atoms with Crippen molar-refractivity contribution in [2.45, 2.75) is 157 Å². The van der Waals surface area contributed by atoms with Crippen LogP contribution < -0.4 is 31.1 Å². The SMILES string of the molecule is CC(C)(C)c1cc(-c2ccccc2)c(N2c3cc(N(c4ccccc4)c4ccc(-n5c6ccccc6c6ccccc65)cc4)ccc3B3c4ccc(-n5c6ccc(C(C)(C)C)cc6c6cc(C(C)(C)C)ccc65)cc4N(c4c(-c5ccccc5)cc(C(C)(C)C)cc4-c4ccccc4)c4cc(-n5c6ccc(C(C)(C)C)cc6c6cc(C(C)(C)C)ccc65)cc2c43)c(-c2ccccc2)c1. The van der Waals surface area contributed by atoms with E-state index in [0.717, 1.165) is 135 Å². The predicted octanol–water partition coefficient (Wildman–Crippen LogP) is 33.0. The predicted molar refractivity (Wildman–Crippen MR) is 572 cm³/mol. The summed E-state index contributed by atoms with van der Waals surface area (Å²) in [6, 6.07) is 143. The number of fused-ring (bicyclic) bond motifs is 13. The summed E-state index contributed by atoms with van der Waals surface area (Å²) in [5, 5.41) is 7.40. The fourth-order valence-corrected chi connectivity index (χ4v) is 21.3. The lowest BCUT2D eigenvalue weighted by Crippen LogP contribution is -2.61. The average molecular weight is 1720 g/mol. The van der Waals surface area contributed by atoms with Crippen LogP contribution in [0.2, 0.25) is 0 Å². The largest absolute Gasteiger partial charge is 0.310 e. The fraction of sp³-hybridized carbons (Fsp3) is 0.190. The van der Waals surface area contributed by atoms with E-state index >= 15 is 0 Å². The smallest absolute Gasteiger partial charge is 0.252 e. The molecule has 133 heavy (non-hydrogen) atoms. The van der Waals surface area contributed by atoms with Gasteiger partial charge in [-0.1, -0.05) is 337 Å². The molecule has 0 fully saturated rings. The summed E-state index contributed by atoms with van der Waals surface area (Å²) in [5.41, 5.74) is 39.1. The Balaban J connectivity index is 0.932. The molecule has 0 atom stereocenters. The maximum Gasteiger partial charge on any atom is 0.252 e. The quantitative estimate of drug-likeness (QED) is 0.114. The number of aromatic nitrogens is 3. The van der Waals surface area contributed by atoms with E-state index in [-0.39, 0.29) is 39.2 Å². The van der Waals surface area contributed by atoms with E-state index in [9.17, 15) is 0 Å². The zero-order valence-corrected chi connectivity index (χ0v) is 80.0. The van der Waals surface area contributed by atoms with E-state index in [1.165, 1.54) is 93.1 Å². The molecule has 2 aliphatic heterocycles.